The molecule has 1 atom stereocenters. The summed E-state index contributed by atoms with van der Waals surface area (Å²) in [7, 11) is 1.98. The minimum absolute atomic E-state index is 0.193. The van der Waals surface area contributed by atoms with Gasteiger partial charge in [0.25, 0.3) is 0 Å². The quantitative estimate of drug-likeness (QED) is 0.827. The van der Waals surface area contributed by atoms with Gasteiger partial charge < -0.3 is 5.32 Å². The highest BCUT2D eigenvalue weighted by Gasteiger charge is 2.18. The molecule has 1 aromatic heterocycles. The summed E-state index contributed by atoms with van der Waals surface area (Å²) < 4.78 is 1.89. The van der Waals surface area contributed by atoms with Crippen LogP contribution in [-0.2, 0) is 7.05 Å². The molecule has 1 N–H and O–H groups in total. The van der Waals surface area contributed by atoms with Gasteiger partial charge in [-0.3, -0.25) is 4.68 Å². The Morgan fingerprint density at radius 1 is 1.00 bits per heavy atom. The Morgan fingerprint density at radius 2 is 1.55 bits per heavy atom. The smallest absolute Gasteiger partial charge is 0.0873 e. The Hall–Kier alpha value is -1.77. The SMILES string of the molecule is Cc1cn(C)nc1C(C)Nc1c(C(C)C)cccc1C(C)C. The van der Waals surface area contributed by atoms with E-state index in [1.165, 1.54) is 22.4 Å². The number of hydrogen-bond donors (Lipinski definition) is 1. The van der Waals surface area contributed by atoms with Gasteiger partial charge in [-0.1, -0.05) is 45.9 Å². The van der Waals surface area contributed by atoms with Gasteiger partial charge in [0.15, 0.2) is 0 Å². The van der Waals surface area contributed by atoms with Crippen LogP contribution in [0.1, 0.15) is 74.9 Å². The summed E-state index contributed by atoms with van der Waals surface area (Å²) in [4.78, 5) is 0. The lowest BCUT2D eigenvalue weighted by atomic mass is 9.92. The van der Waals surface area contributed by atoms with Crippen LogP contribution in [0.15, 0.2) is 24.4 Å². The Bertz CT molecular complexity index is 612. The number of para-hydroxylation sites is 1. The molecule has 1 unspecified atom stereocenters. The van der Waals surface area contributed by atoms with E-state index in [9.17, 15) is 0 Å². The molecule has 3 nitrogen and oxygen atoms in total. The second-order valence-electron chi connectivity index (χ2n) is 6.86. The normalized spacial score (nSPS) is 13.0. The third kappa shape index (κ3) is 3.34. The van der Waals surface area contributed by atoms with Gasteiger partial charge in [0.2, 0.25) is 0 Å². The molecule has 0 saturated heterocycles. The lowest BCUT2D eigenvalue weighted by molar-refractivity contribution is 0.714. The van der Waals surface area contributed by atoms with E-state index in [0.29, 0.717) is 11.8 Å². The van der Waals surface area contributed by atoms with Crippen LogP contribution in [-0.4, -0.2) is 9.78 Å². The zero-order chi connectivity index (χ0) is 16.4. The molecule has 2 aromatic rings. The molecule has 0 radical (unpaired) electrons. The maximum absolute atomic E-state index is 4.61. The molecular formula is C19H29N3. The van der Waals surface area contributed by atoms with Crippen LogP contribution in [0.4, 0.5) is 5.69 Å². The molecular weight excluding hydrogens is 270 g/mol. The van der Waals surface area contributed by atoms with E-state index < -0.39 is 0 Å². The number of aryl methyl sites for hydroxylation is 2. The Balaban J connectivity index is 2.41. The minimum atomic E-state index is 0.193. The average molecular weight is 299 g/mol. The predicted molar refractivity (Wildman–Crippen MR) is 94.6 cm³/mol. The summed E-state index contributed by atoms with van der Waals surface area (Å²) in [5, 5.41) is 8.35. The van der Waals surface area contributed by atoms with Gasteiger partial charge >= 0.3 is 0 Å². The molecule has 0 aliphatic rings. The van der Waals surface area contributed by atoms with Crippen LogP contribution in [0, 0.1) is 6.92 Å². The zero-order valence-corrected chi connectivity index (χ0v) is 14.9. The van der Waals surface area contributed by atoms with Gasteiger partial charge in [0.05, 0.1) is 11.7 Å². The minimum Gasteiger partial charge on any atom is -0.376 e. The first-order valence-electron chi connectivity index (χ1n) is 8.20. The Kier molecular flexibility index (Phi) is 4.94. The highest BCUT2D eigenvalue weighted by molar-refractivity contribution is 5.61. The van der Waals surface area contributed by atoms with Crippen molar-refractivity contribution in [3.05, 3.63) is 46.8 Å². The highest BCUT2D eigenvalue weighted by atomic mass is 15.3. The van der Waals surface area contributed by atoms with Gasteiger partial charge in [-0.2, -0.15) is 5.10 Å². The summed E-state index contributed by atoms with van der Waals surface area (Å²) in [6.45, 7) is 13.3. The van der Waals surface area contributed by atoms with E-state index in [1.807, 2.05) is 11.7 Å². The molecule has 22 heavy (non-hydrogen) atoms. The first-order chi connectivity index (χ1) is 10.3. The second-order valence-corrected chi connectivity index (χ2v) is 6.86. The van der Waals surface area contributed by atoms with Crippen molar-refractivity contribution in [1.82, 2.24) is 9.78 Å². The molecule has 120 valence electrons. The fourth-order valence-electron chi connectivity index (χ4n) is 3.05. The first-order valence-corrected chi connectivity index (χ1v) is 8.20. The van der Waals surface area contributed by atoms with Crippen molar-refractivity contribution in [1.29, 1.82) is 0 Å². The largest absolute Gasteiger partial charge is 0.376 e. The third-order valence-corrected chi connectivity index (χ3v) is 4.19. The number of nitrogens with one attached hydrogen (secondary N) is 1. The van der Waals surface area contributed by atoms with Gasteiger partial charge in [0.1, 0.15) is 0 Å². The standard InChI is InChI=1S/C19H29N3/c1-12(2)16-9-8-10-17(13(3)4)19(16)20-15(6)18-14(5)11-22(7)21-18/h8-13,15,20H,1-7H3. The number of hydrogen-bond acceptors (Lipinski definition) is 2. The van der Waals surface area contributed by atoms with Crippen LogP contribution < -0.4 is 5.32 Å². The summed E-state index contributed by atoms with van der Waals surface area (Å²) >= 11 is 0. The molecule has 0 fully saturated rings. The molecule has 1 heterocycles. The molecule has 0 aliphatic heterocycles. The van der Waals surface area contributed by atoms with Crippen molar-refractivity contribution in [3.63, 3.8) is 0 Å². The number of rotatable bonds is 5. The number of nitrogens with zero attached hydrogens (tertiary/aromatic N) is 2. The van der Waals surface area contributed by atoms with Crippen molar-refractivity contribution < 1.29 is 0 Å². The fourth-order valence-corrected chi connectivity index (χ4v) is 3.05. The van der Waals surface area contributed by atoms with Crippen molar-refractivity contribution in [2.75, 3.05) is 5.32 Å². The Labute approximate surface area is 134 Å². The van der Waals surface area contributed by atoms with E-state index >= 15 is 0 Å². The molecule has 0 aliphatic carbocycles. The lowest BCUT2D eigenvalue weighted by Gasteiger charge is -2.24. The third-order valence-electron chi connectivity index (χ3n) is 4.19. The van der Waals surface area contributed by atoms with Crippen LogP contribution in [0.3, 0.4) is 0 Å². The topological polar surface area (TPSA) is 29.9 Å². The molecule has 2 rings (SSSR count). The van der Waals surface area contributed by atoms with Crippen LogP contribution in [0.2, 0.25) is 0 Å². The predicted octanol–water partition coefficient (Wildman–Crippen LogP) is 5.15. The summed E-state index contributed by atoms with van der Waals surface area (Å²) in [6.07, 6.45) is 2.07. The average Bonchev–Trinajstić information content (AvgIpc) is 2.77. The summed E-state index contributed by atoms with van der Waals surface area (Å²) in [6, 6.07) is 6.83. The van der Waals surface area contributed by atoms with Crippen LogP contribution in [0.25, 0.3) is 0 Å². The van der Waals surface area contributed by atoms with E-state index in [4.69, 9.17) is 0 Å². The monoisotopic (exact) mass is 299 g/mol. The zero-order valence-electron chi connectivity index (χ0n) is 14.9. The molecule has 0 spiro atoms. The molecule has 3 heteroatoms. The Morgan fingerprint density at radius 3 is 1.95 bits per heavy atom. The summed E-state index contributed by atoms with van der Waals surface area (Å²) in [5.41, 5.74) is 6.40. The van der Waals surface area contributed by atoms with E-state index in [1.54, 1.807) is 0 Å². The number of benzene rings is 1. The molecule has 0 saturated carbocycles. The van der Waals surface area contributed by atoms with E-state index in [0.717, 1.165) is 5.69 Å². The van der Waals surface area contributed by atoms with Gasteiger partial charge in [-0.25, -0.2) is 0 Å². The molecule has 1 aromatic carbocycles. The van der Waals surface area contributed by atoms with Gasteiger partial charge in [-0.05, 0) is 42.4 Å². The second kappa shape index (κ2) is 6.55. The maximum atomic E-state index is 4.61. The molecule has 0 amide bonds. The maximum Gasteiger partial charge on any atom is 0.0873 e. The highest BCUT2D eigenvalue weighted by Crippen LogP contribution is 2.34. The van der Waals surface area contributed by atoms with E-state index in [-0.39, 0.29) is 6.04 Å². The van der Waals surface area contributed by atoms with Crippen molar-refractivity contribution >= 4 is 5.69 Å². The van der Waals surface area contributed by atoms with Gasteiger partial charge in [0, 0.05) is 18.9 Å². The number of aromatic nitrogens is 2. The van der Waals surface area contributed by atoms with Crippen molar-refractivity contribution in [2.24, 2.45) is 7.05 Å². The van der Waals surface area contributed by atoms with Crippen molar-refractivity contribution in [2.45, 2.75) is 59.4 Å². The van der Waals surface area contributed by atoms with Crippen LogP contribution in [0.5, 0.6) is 0 Å². The van der Waals surface area contributed by atoms with Crippen LogP contribution >= 0.6 is 0 Å². The first kappa shape index (κ1) is 16.6. The van der Waals surface area contributed by atoms with Crippen molar-refractivity contribution in [3.8, 4) is 0 Å². The lowest BCUT2D eigenvalue weighted by Crippen LogP contribution is -2.13. The van der Waals surface area contributed by atoms with Gasteiger partial charge in [-0.15, -0.1) is 0 Å². The fraction of sp³-hybridized carbons (Fsp3) is 0.526. The summed E-state index contributed by atoms with van der Waals surface area (Å²) in [5.74, 6) is 0.997. The van der Waals surface area contributed by atoms with E-state index in [2.05, 4.69) is 76.4 Å². The number of anilines is 1. The molecule has 0 bridgehead atoms.